The van der Waals surface area contributed by atoms with E-state index in [-0.39, 0.29) is 48.4 Å². The Labute approximate surface area is 244 Å². The van der Waals surface area contributed by atoms with Crippen LogP contribution in [0.5, 0.6) is 0 Å². The Balaban J connectivity index is 1.17. The summed E-state index contributed by atoms with van der Waals surface area (Å²) in [6.45, 7) is 3.82. The normalized spacial score (nSPS) is 28.5. The first-order chi connectivity index (χ1) is 20.4. The van der Waals surface area contributed by atoms with Gasteiger partial charge in [0.2, 0.25) is 11.8 Å². The molecular formula is C34H34N2O6. The van der Waals surface area contributed by atoms with Crippen molar-refractivity contribution in [2.45, 2.75) is 57.7 Å². The number of furan rings is 1. The number of nitrogens with zero attached hydrogens (tertiary/aromatic N) is 2. The molecule has 3 aliphatic carbocycles. The molecule has 2 aromatic rings. The number of piperidine rings is 1. The molecule has 8 nitrogen and oxygen atoms in total. The highest BCUT2D eigenvalue weighted by molar-refractivity contribution is 6.23. The smallest absolute Gasteiger partial charge is 0.233 e. The van der Waals surface area contributed by atoms with Gasteiger partial charge in [-0.3, -0.25) is 29.0 Å². The molecule has 3 heterocycles. The van der Waals surface area contributed by atoms with Gasteiger partial charge in [0.25, 0.3) is 0 Å². The van der Waals surface area contributed by atoms with E-state index in [9.17, 15) is 24.3 Å². The number of ketones is 2. The van der Waals surface area contributed by atoms with E-state index in [1.807, 2.05) is 24.3 Å². The molecule has 5 aliphatic rings. The molecule has 8 heteroatoms. The first-order valence-corrected chi connectivity index (χ1v) is 14.9. The Morgan fingerprint density at radius 2 is 1.71 bits per heavy atom. The Kier molecular flexibility index (Phi) is 6.71. The average molecular weight is 567 g/mol. The van der Waals surface area contributed by atoms with E-state index in [4.69, 9.17) is 4.42 Å². The number of aliphatic hydroxyl groups excluding tert-OH is 1. The van der Waals surface area contributed by atoms with Gasteiger partial charge in [-0.05, 0) is 62.3 Å². The van der Waals surface area contributed by atoms with Crippen molar-refractivity contribution in [3.05, 3.63) is 94.0 Å². The minimum absolute atomic E-state index is 0.111. The topological polar surface area (TPSA) is 108 Å². The van der Waals surface area contributed by atoms with Crippen molar-refractivity contribution >= 4 is 23.4 Å². The highest BCUT2D eigenvalue weighted by Gasteiger charge is 2.57. The zero-order valence-electron chi connectivity index (χ0n) is 23.6. The molecule has 216 valence electrons. The summed E-state index contributed by atoms with van der Waals surface area (Å²) in [6, 6.07) is 13.6. The number of imide groups is 1. The zero-order chi connectivity index (χ0) is 29.1. The Morgan fingerprint density at radius 3 is 2.43 bits per heavy atom. The number of aliphatic hydroxyl groups is 1. The largest absolute Gasteiger partial charge is 0.463 e. The second-order valence-electron chi connectivity index (χ2n) is 12.2. The van der Waals surface area contributed by atoms with Gasteiger partial charge in [-0.25, -0.2) is 0 Å². The van der Waals surface area contributed by atoms with Crippen molar-refractivity contribution < 1.29 is 28.7 Å². The first kappa shape index (κ1) is 27.0. The minimum Gasteiger partial charge on any atom is -0.463 e. The summed E-state index contributed by atoms with van der Waals surface area (Å²) in [7, 11) is 0. The van der Waals surface area contributed by atoms with Crippen LogP contribution in [0, 0.1) is 17.8 Å². The van der Waals surface area contributed by atoms with E-state index in [0.717, 1.165) is 38.0 Å². The molecule has 4 atom stereocenters. The lowest BCUT2D eigenvalue weighted by Crippen LogP contribution is -2.47. The van der Waals surface area contributed by atoms with Gasteiger partial charge in [-0.2, -0.15) is 0 Å². The van der Waals surface area contributed by atoms with Crippen LogP contribution in [0.25, 0.3) is 0 Å². The molecule has 1 aromatic heterocycles. The fourth-order valence-electron chi connectivity index (χ4n) is 7.88. The fraction of sp³-hybridized carbons (Fsp3) is 0.412. The minimum atomic E-state index is -0.627. The van der Waals surface area contributed by atoms with Crippen LogP contribution in [0.2, 0.25) is 0 Å². The maximum absolute atomic E-state index is 14.2. The third-order valence-corrected chi connectivity index (χ3v) is 9.89. The van der Waals surface area contributed by atoms with Gasteiger partial charge < -0.3 is 9.52 Å². The molecule has 2 amide bonds. The number of hydrogen-bond donors (Lipinski definition) is 1. The second kappa shape index (κ2) is 10.4. The summed E-state index contributed by atoms with van der Waals surface area (Å²) >= 11 is 0. The Bertz CT molecular complexity index is 1570. The summed E-state index contributed by atoms with van der Waals surface area (Å²) < 4.78 is 5.94. The lowest BCUT2D eigenvalue weighted by atomic mass is 9.60. The molecule has 7 rings (SSSR count). The van der Waals surface area contributed by atoms with E-state index in [0.29, 0.717) is 34.7 Å². The predicted molar refractivity (Wildman–Crippen MR) is 153 cm³/mol. The van der Waals surface area contributed by atoms with Crippen LogP contribution in [-0.2, 0) is 32.3 Å². The van der Waals surface area contributed by atoms with E-state index in [1.165, 1.54) is 11.6 Å². The van der Waals surface area contributed by atoms with Crippen molar-refractivity contribution in [2.24, 2.45) is 17.8 Å². The number of carbonyl (C=O) groups is 4. The number of rotatable bonds is 5. The van der Waals surface area contributed by atoms with Crippen molar-refractivity contribution in [1.29, 1.82) is 0 Å². The average Bonchev–Trinajstić information content (AvgIpc) is 3.58. The summed E-state index contributed by atoms with van der Waals surface area (Å²) in [5.74, 6) is -1.89. The molecule has 0 radical (unpaired) electrons. The third-order valence-electron chi connectivity index (χ3n) is 9.89. The summed E-state index contributed by atoms with van der Waals surface area (Å²) in [6.07, 6.45) is 5.52. The van der Waals surface area contributed by atoms with Crippen LogP contribution < -0.4 is 0 Å². The number of benzene rings is 1. The summed E-state index contributed by atoms with van der Waals surface area (Å²) in [5, 5.41) is 9.64. The van der Waals surface area contributed by atoms with Crippen LogP contribution in [0.1, 0.15) is 55.6 Å². The van der Waals surface area contributed by atoms with Crippen LogP contribution in [0.4, 0.5) is 0 Å². The number of carbonyl (C=O) groups excluding carboxylic acids is 4. The van der Waals surface area contributed by atoms with Crippen LogP contribution in [-0.4, -0.2) is 57.4 Å². The Morgan fingerprint density at radius 1 is 0.952 bits per heavy atom. The highest BCUT2D eigenvalue weighted by Crippen LogP contribution is 2.55. The Hall–Kier alpha value is -3.88. The maximum atomic E-state index is 14.2. The molecule has 1 N–H and O–H groups in total. The standard InChI is InChI=1S/C34H34N2O6/c1-19-15-27(38)26-16-25-23(30(31(26)32(19)39)28-10-7-22(18-37)42-28)8-9-24-29(25)34(41)36(33(24)40)21-11-13-35(14-12-21)17-20-5-3-2-4-6-20/h2-8,10,15,21,24-25,29-30,37H,9,11-14,16-18H2,1H3/t24-,25+,29-,30+/m0/s1. The molecule has 0 saturated carbocycles. The molecule has 0 spiro atoms. The predicted octanol–water partition coefficient (Wildman–Crippen LogP) is 3.87. The van der Waals surface area contributed by atoms with E-state index in [2.05, 4.69) is 17.0 Å². The molecule has 2 aliphatic heterocycles. The van der Waals surface area contributed by atoms with Gasteiger partial charge in [-0.15, -0.1) is 0 Å². The van der Waals surface area contributed by atoms with Gasteiger partial charge in [0, 0.05) is 42.4 Å². The maximum Gasteiger partial charge on any atom is 0.233 e. The number of likely N-dealkylation sites (tertiary alicyclic amines) is 2. The molecular weight excluding hydrogens is 532 g/mol. The van der Waals surface area contributed by atoms with E-state index < -0.39 is 17.8 Å². The monoisotopic (exact) mass is 566 g/mol. The first-order valence-electron chi connectivity index (χ1n) is 14.9. The van der Waals surface area contributed by atoms with Crippen molar-refractivity contribution in [3.8, 4) is 0 Å². The van der Waals surface area contributed by atoms with Crippen LogP contribution in [0.15, 0.2) is 81.3 Å². The third kappa shape index (κ3) is 4.27. The zero-order valence-corrected chi connectivity index (χ0v) is 23.6. The van der Waals surface area contributed by atoms with Gasteiger partial charge in [0.1, 0.15) is 18.1 Å². The van der Waals surface area contributed by atoms with Crippen molar-refractivity contribution in [2.75, 3.05) is 13.1 Å². The van der Waals surface area contributed by atoms with Gasteiger partial charge in [0.05, 0.1) is 17.8 Å². The second-order valence-corrected chi connectivity index (χ2v) is 12.2. The number of Topliss-reactive ketones (excluding diaryl/α,β-unsaturated/α-hetero) is 1. The van der Waals surface area contributed by atoms with Gasteiger partial charge >= 0.3 is 0 Å². The molecule has 1 aromatic carbocycles. The number of fused-ring (bicyclic) bond motifs is 3. The lowest BCUT2D eigenvalue weighted by Gasteiger charge is -2.41. The summed E-state index contributed by atoms with van der Waals surface area (Å²) in [5.41, 5.74) is 3.30. The van der Waals surface area contributed by atoms with E-state index >= 15 is 0 Å². The lowest BCUT2D eigenvalue weighted by molar-refractivity contribution is -0.144. The number of amides is 2. The molecule has 0 unspecified atom stereocenters. The molecule has 2 fully saturated rings. The highest BCUT2D eigenvalue weighted by atomic mass is 16.4. The fourth-order valence-corrected chi connectivity index (χ4v) is 7.88. The van der Waals surface area contributed by atoms with Crippen LogP contribution in [0.3, 0.4) is 0 Å². The quantitative estimate of drug-likeness (QED) is 0.333. The summed E-state index contributed by atoms with van der Waals surface area (Å²) in [4.78, 5) is 58.6. The SMILES string of the molecule is CC1=CC(=O)C2=C(C1=O)[C@@H](c1ccc(CO)o1)C1=CC[C@@H]3C(=O)N(C4CCN(Cc5ccccc5)CC4)C(=O)[C@@H]3[C@@H]1C2. The molecule has 0 bridgehead atoms. The van der Waals surface area contributed by atoms with Gasteiger partial charge in [0.15, 0.2) is 11.6 Å². The number of hydrogen-bond acceptors (Lipinski definition) is 7. The van der Waals surface area contributed by atoms with Crippen molar-refractivity contribution in [3.63, 3.8) is 0 Å². The molecule has 42 heavy (non-hydrogen) atoms. The van der Waals surface area contributed by atoms with E-state index in [1.54, 1.807) is 24.0 Å². The van der Waals surface area contributed by atoms with Crippen LogP contribution >= 0.6 is 0 Å². The van der Waals surface area contributed by atoms with Crippen molar-refractivity contribution in [1.82, 2.24) is 9.80 Å². The van der Waals surface area contributed by atoms with Gasteiger partial charge in [-0.1, -0.05) is 42.0 Å². The molecule has 2 saturated heterocycles. The number of allylic oxidation sites excluding steroid dienone is 6.